The van der Waals surface area contributed by atoms with Gasteiger partial charge in [-0.2, -0.15) is 0 Å². The Hall–Kier alpha value is -1.45. The van der Waals surface area contributed by atoms with Gasteiger partial charge < -0.3 is 10.1 Å². The van der Waals surface area contributed by atoms with Gasteiger partial charge in [-0.05, 0) is 36.4 Å². The molecule has 0 radical (unpaired) electrons. The number of carbonyl (C=O) groups is 1. The van der Waals surface area contributed by atoms with Gasteiger partial charge >= 0.3 is 0 Å². The van der Waals surface area contributed by atoms with E-state index >= 15 is 0 Å². The summed E-state index contributed by atoms with van der Waals surface area (Å²) in [5.74, 6) is 0.0778. The van der Waals surface area contributed by atoms with E-state index in [9.17, 15) is 13.2 Å². The zero-order valence-electron chi connectivity index (χ0n) is 14.8. The maximum absolute atomic E-state index is 12.3. The Kier molecular flexibility index (Phi) is 7.41. The second kappa shape index (κ2) is 9.16. The van der Waals surface area contributed by atoms with Crippen molar-refractivity contribution in [2.75, 3.05) is 32.3 Å². The van der Waals surface area contributed by atoms with Crippen LogP contribution in [0.25, 0.3) is 0 Å². The molecule has 0 atom stereocenters. The fraction of sp³-hybridized carbons (Fsp3) is 0.235. The maximum Gasteiger partial charge on any atom is 0.242 e. The normalized spacial score (nSPS) is 11.5. The molecule has 0 fully saturated rings. The molecule has 0 heterocycles. The molecular formula is C17H18Cl2N2O4S2. The van der Waals surface area contributed by atoms with Crippen LogP contribution in [-0.2, 0) is 14.8 Å². The van der Waals surface area contributed by atoms with Gasteiger partial charge in [0.1, 0.15) is 5.75 Å². The van der Waals surface area contributed by atoms with E-state index < -0.39 is 10.0 Å². The van der Waals surface area contributed by atoms with E-state index in [0.29, 0.717) is 20.7 Å². The lowest BCUT2D eigenvalue weighted by molar-refractivity contribution is -0.113. The Morgan fingerprint density at radius 2 is 1.89 bits per heavy atom. The van der Waals surface area contributed by atoms with Crippen molar-refractivity contribution in [3.8, 4) is 5.75 Å². The first-order chi connectivity index (χ1) is 12.6. The van der Waals surface area contributed by atoms with E-state index in [4.69, 9.17) is 27.9 Å². The van der Waals surface area contributed by atoms with E-state index in [0.717, 1.165) is 4.31 Å². The predicted molar refractivity (Wildman–Crippen MR) is 110 cm³/mol. The predicted octanol–water partition coefficient (Wildman–Crippen LogP) is 3.98. The number of amides is 1. The number of halogens is 2. The number of carbonyl (C=O) groups excluding carboxylic acids is 1. The summed E-state index contributed by atoms with van der Waals surface area (Å²) in [5.41, 5.74) is 0.267. The highest BCUT2D eigenvalue weighted by Crippen LogP contribution is 2.31. The molecule has 2 aromatic carbocycles. The van der Waals surface area contributed by atoms with Gasteiger partial charge in [0.05, 0.1) is 28.5 Å². The molecule has 2 aromatic rings. The Morgan fingerprint density at radius 1 is 1.19 bits per heavy atom. The van der Waals surface area contributed by atoms with Crippen molar-refractivity contribution in [2.45, 2.75) is 9.79 Å². The number of hydrogen-bond donors (Lipinski definition) is 1. The third-order valence-electron chi connectivity index (χ3n) is 3.48. The molecule has 2 rings (SSSR count). The van der Waals surface area contributed by atoms with Crippen molar-refractivity contribution in [2.24, 2.45) is 0 Å². The summed E-state index contributed by atoms with van der Waals surface area (Å²) in [5, 5.41) is 3.69. The van der Waals surface area contributed by atoms with Crippen LogP contribution in [0.1, 0.15) is 0 Å². The zero-order valence-corrected chi connectivity index (χ0v) is 18.0. The Bertz CT molecular complexity index is 950. The summed E-state index contributed by atoms with van der Waals surface area (Å²) in [7, 11) is 0.667. The molecule has 27 heavy (non-hydrogen) atoms. The van der Waals surface area contributed by atoms with E-state index in [1.54, 1.807) is 18.2 Å². The summed E-state index contributed by atoms with van der Waals surface area (Å²) in [6.45, 7) is 0. The average molecular weight is 449 g/mol. The number of nitrogens with one attached hydrogen (secondary N) is 1. The van der Waals surface area contributed by atoms with Crippen molar-refractivity contribution < 1.29 is 17.9 Å². The minimum atomic E-state index is -3.64. The largest absolute Gasteiger partial charge is 0.495 e. The van der Waals surface area contributed by atoms with Gasteiger partial charge in [-0.3, -0.25) is 4.79 Å². The monoisotopic (exact) mass is 448 g/mol. The molecule has 0 saturated heterocycles. The standard InChI is InChI=1S/C17H18Cl2N2O4S2/c1-21(2)27(23,24)12-5-7-15(25-3)14(9-12)20-17(22)10-26-16-8-11(18)4-6-13(16)19/h4-9H,10H2,1-3H3,(H,20,22). The minimum Gasteiger partial charge on any atom is -0.495 e. The quantitative estimate of drug-likeness (QED) is 0.648. The lowest BCUT2D eigenvalue weighted by atomic mass is 10.3. The first-order valence-corrected chi connectivity index (χ1v) is 10.8. The van der Waals surface area contributed by atoms with Crippen LogP contribution < -0.4 is 10.1 Å². The van der Waals surface area contributed by atoms with E-state index in [2.05, 4.69) is 5.32 Å². The van der Waals surface area contributed by atoms with Gasteiger partial charge in [0, 0.05) is 24.0 Å². The topological polar surface area (TPSA) is 75.7 Å². The van der Waals surface area contributed by atoms with Gasteiger partial charge in [-0.15, -0.1) is 11.8 Å². The summed E-state index contributed by atoms with van der Waals surface area (Å²) in [4.78, 5) is 13.0. The summed E-state index contributed by atoms with van der Waals surface area (Å²) in [6.07, 6.45) is 0. The molecule has 1 N–H and O–H groups in total. The van der Waals surface area contributed by atoms with Crippen LogP contribution >= 0.6 is 35.0 Å². The molecule has 0 bridgehead atoms. The Morgan fingerprint density at radius 3 is 2.52 bits per heavy atom. The highest BCUT2D eigenvalue weighted by molar-refractivity contribution is 8.00. The highest BCUT2D eigenvalue weighted by atomic mass is 35.5. The van der Waals surface area contributed by atoms with Crippen molar-refractivity contribution in [3.05, 3.63) is 46.4 Å². The fourth-order valence-corrected chi connectivity index (χ4v) is 4.29. The van der Waals surface area contributed by atoms with E-state index in [1.165, 1.54) is 51.2 Å². The molecule has 0 saturated carbocycles. The lowest BCUT2D eigenvalue weighted by Gasteiger charge is -2.15. The number of ether oxygens (including phenoxy) is 1. The first-order valence-electron chi connectivity index (χ1n) is 7.63. The van der Waals surface area contributed by atoms with Crippen molar-refractivity contribution in [1.29, 1.82) is 0 Å². The lowest BCUT2D eigenvalue weighted by Crippen LogP contribution is -2.22. The summed E-state index contributed by atoms with van der Waals surface area (Å²) < 4.78 is 30.9. The number of hydrogen-bond acceptors (Lipinski definition) is 5. The van der Waals surface area contributed by atoms with Crippen molar-refractivity contribution in [3.63, 3.8) is 0 Å². The van der Waals surface area contributed by atoms with Gasteiger partial charge in [0.15, 0.2) is 0 Å². The van der Waals surface area contributed by atoms with Crippen LogP contribution in [-0.4, -0.2) is 45.6 Å². The molecule has 0 aliphatic heterocycles. The molecule has 6 nitrogen and oxygen atoms in total. The van der Waals surface area contributed by atoms with E-state index in [-0.39, 0.29) is 22.2 Å². The molecule has 146 valence electrons. The molecule has 0 aromatic heterocycles. The average Bonchev–Trinajstić information content (AvgIpc) is 2.62. The van der Waals surface area contributed by atoms with Crippen molar-refractivity contribution >= 4 is 56.6 Å². The first kappa shape index (κ1) is 21.8. The van der Waals surface area contributed by atoms with E-state index in [1.807, 2.05) is 0 Å². The minimum absolute atomic E-state index is 0.0501. The number of anilines is 1. The number of nitrogens with zero attached hydrogens (tertiary/aromatic N) is 1. The third-order valence-corrected chi connectivity index (χ3v) is 7.02. The van der Waals surface area contributed by atoms with Crippen LogP contribution in [0.5, 0.6) is 5.75 Å². The number of thioether (sulfide) groups is 1. The fourth-order valence-electron chi connectivity index (χ4n) is 2.07. The smallest absolute Gasteiger partial charge is 0.242 e. The van der Waals surface area contributed by atoms with Gasteiger partial charge in [-0.25, -0.2) is 12.7 Å². The SMILES string of the molecule is COc1ccc(S(=O)(=O)N(C)C)cc1NC(=O)CSc1cc(Cl)ccc1Cl. The molecular weight excluding hydrogens is 431 g/mol. The number of benzene rings is 2. The van der Waals surface area contributed by atoms with Crippen LogP contribution in [0.4, 0.5) is 5.69 Å². The van der Waals surface area contributed by atoms with Gasteiger partial charge in [0.25, 0.3) is 0 Å². The molecule has 0 aliphatic carbocycles. The van der Waals surface area contributed by atoms with Crippen LogP contribution in [0, 0.1) is 0 Å². The summed E-state index contributed by atoms with van der Waals surface area (Å²) in [6, 6.07) is 9.27. The van der Waals surface area contributed by atoms with Gasteiger partial charge in [-0.1, -0.05) is 23.2 Å². The Labute approximate surface area is 172 Å². The van der Waals surface area contributed by atoms with Crippen molar-refractivity contribution in [1.82, 2.24) is 4.31 Å². The third kappa shape index (κ3) is 5.52. The van der Waals surface area contributed by atoms with Crippen LogP contribution in [0.15, 0.2) is 46.2 Å². The Balaban J connectivity index is 2.17. The zero-order chi connectivity index (χ0) is 20.2. The number of methoxy groups -OCH3 is 1. The molecule has 1 amide bonds. The highest BCUT2D eigenvalue weighted by Gasteiger charge is 2.20. The second-order valence-corrected chi connectivity index (χ2v) is 9.57. The number of sulfonamides is 1. The van der Waals surface area contributed by atoms with Crippen LogP contribution in [0.3, 0.4) is 0 Å². The molecule has 0 aliphatic rings. The number of rotatable bonds is 7. The van der Waals surface area contributed by atoms with Gasteiger partial charge in [0.2, 0.25) is 15.9 Å². The maximum atomic E-state index is 12.3. The molecule has 0 unspecified atom stereocenters. The molecule has 10 heteroatoms. The second-order valence-electron chi connectivity index (χ2n) is 5.56. The molecule has 0 spiro atoms. The van der Waals surface area contributed by atoms with Crippen LogP contribution in [0.2, 0.25) is 10.0 Å². The summed E-state index contributed by atoms with van der Waals surface area (Å²) >= 11 is 13.2.